The van der Waals surface area contributed by atoms with Gasteiger partial charge in [0.25, 0.3) is 5.91 Å². The Morgan fingerprint density at radius 1 is 1.04 bits per heavy atom. The highest BCUT2D eigenvalue weighted by Crippen LogP contribution is 2.14. The van der Waals surface area contributed by atoms with Crippen LogP contribution in [0.5, 0.6) is 5.75 Å². The molecule has 4 nitrogen and oxygen atoms in total. The van der Waals surface area contributed by atoms with E-state index in [1.165, 1.54) is 24.3 Å². The molecule has 1 N–H and O–H groups in total. The van der Waals surface area contributed by atoms with Crippen molar-refractivity contribution in [3.8, 4) is 5.75 Å². The molecule has 0 atom stereocenters. The lowest BCUT2D eigenvalue weighted by Crippen LogP contribution is -2.20. The highest BCUT2D eigenvalue weighted by Gasteiger charge is 2.04. The molecular formula is C18H18FNO3. The van der Waals surface area contributed by atoms with Crippen LogP contribution in [-0.2, 0) is 16.0 Å². The number of ketones is 1. The number of anilines is 1. The van der Waals surface area contributed by atoms with Crippen molar-refractivity contribution in [3.63, 3.8) is 0 Å². The average molecular weight is 315 g/mol. The molecule has 0 fully saturated rings. The third-order valence-electron chi connectivity index (χ3n) is 3.19. The predicted octanol–water partition coefficient (Wildman–Crippen LogP) is 3.36. The van der Waals surface area contributed by atoms with Crippen molar-refractivity contribution in [2.75, 3.05) is 11.9 Å². The lowest BCUT2D eigenvalue weighted by Gasteiger charge is -2.08. The minimum atomic E-state index is -0.357. The molecule has 2 aromatic carbocycles. The second-order valence-electron chi connectivity index (χ2n) is 5.19. The van der Waals surface area contributed by atoms with Crippen LogP contribution in [-0.4, -0.2) is 18.3 Å². The van der Waals surface area contributed by atoms with Crippen molar-refractivity contribution in [1.82, 2.24) is 0 Å². The summed E-state index contributed by atoms with van der Waals surface area (Å²) in [7, 11) is 0. The maximum atomic E-state index is 12.8. The Morgan fingerprint density at radius 3 is 2.30 bits per heavy atom. The number of rotatable bonds is 7. The molecule has 2 aromatic rings. The van der Waals surface area contributed by atoms with E-state index in [0.29, 0.717) is 24.3 Å². The van der Waals surface area contributed by atoms with Crippen LogP contribution < -0.4 is 10.1 Å². The van der Waals surface area contributed by atoms with Gasteiger partial charge in [-0.15, -0.1) is 0 Å². The van der Waals surface area contributed by atoms with Gasteiger partial charge >= 0.3 is 0 Å². The van der Waals surface area contributed by atoms with Gasteiger partial charge in [0.15, 0.2) is 6.61 Å². The van der Waals surface area contributed by atoms with Crippen molar-refractivity contribution in [1.29, 1.82) is 0 Å². The maximum absolute atomic E-state index is 12.8. The number of hydrogen-bond donors (Lipinski definition) is 1. The van der Waals surface area contributed by atoms with Gasteiger partial charge in [0, 0.05) is 12.1 Å². The summed E-state index contributed by atoms with van der Waals surface area (Å²) < 4.78 is 18.2. The Labute approximate surface area is 134 Å². The van der Waals surface area contributed by atoms with Crippen LogP contribution in [0.4, 0.5) is 10.1 Å². The van der Waals surface area contributed by atoms with E-state index in [0.717, 1.165) is 5.56 Å². The fraction of sp³-hybridized carbons (Fsp3) is 0.222. The van der Waals surface area contributed by atoms with Crippen molar-refractivity contribution < 1.29 is 18.7 Å². The second kappa shape index (κ2) is 8.08. The van der Waals surface area contributed by atoms with Crippen molar-refractivity contribution in [2.24, 2.45) is 0 Å². The number of amides is 1. The lowest BCUT2D eigenvalue weighted by molar-refractivity contribution is -0.118. The first-order valence-corrected chi connectivity index (χ1v) is 7.29. The van der Waals surface area contributed by atoms with Gasteiger partial charge in [-0.1, -0.05) is 12.1 Å². The van der Waals surface area contributed by atoms with Gasteiger partial charge in [0.05, 0.1) is 0 Å². The smallest absolute Gasteiger partial charge is 0.262 e. The maximum Gasteiger partial charge on any atom is 0.262 e. The first kappa shape index (κ1) is 16.7. The molecule has 0 saturated carbocycles. The largest absolute Gasteiger partial charge is 0.484 e. The Hall–Kier alpha value is -2.69. The van der Waals surface area contributed by atoms with E-state index in [1.54, 1.807) is 19.1 Å². The summed E-state index contributed by atoms with van der Waals surface area (Å²) in [6.07, 6.45) is 1.21. The monoisotopic (exact) mass is 315 g/mol. The van der Waals surface area contributed by atoms with Crippen LogP contribution in [0.2, 0.25) is 0 Å². The van der Waals surface area contributed by atoms with Crippen LogP contribution in [0.3, 0.4) is 0 Å². The third kappa shape index (κ3) is 5.90. The number of carbonyl (C=O) groups is 2. The molecule has 0 aliphatic heterocycles. The van der Waals surface area contributed by atoms with Crippen molar-refractivity contribution in [2.45, 2.75) is 19.8 Å². The number of aryl methyl sites for hydroxylation is 1. The van der Waals surface area contributed by atoms with Gasteiger partial charge in [0.2, 0.25) is 0 Å². The number of nitrogens with one attached hydrogen (secondary N) is 1. The summed E-state index contributed by atoms with van der Waals surface area (Å²) in [6.45, 7) is 1.43. The Bertz CT molecular complexity index is 666. The summed E-state index contributed by atoms with van der Waals surface area (Å²) >= 11 is 0. The molecule has 0 bridgehead atoms. The van der Waals surface area contributed by atoms with Gasteiger partial charge in [-0.3, -0.25) is 4.79 Å². The Morgan fingerprint density at radius 2 is 1.70 bits per heavy atom. The fourth-order valence-electron chi connectivity index (χ4n) is 1.95. The van der Waals surface area contributed by atoms with Gasteiger partial charge in [-0.2, -0.15) is 0 Å². The molecule has 0 heterocycles. The molecule has 5 heteroatoms. The van der Waals surface area contributed by atoms with Crippen molar-refractivity contribution >= 4 is 17.4 Å². The standard InChI is InChI=1S/C18H18FNO3/c1-13(21)2-3-14-4-10-17(11-5-14)23-12-18(22)20-16-8-6-15(19)7-9-16/h4-11H,2-3,12H2,1H3,(H,20,22). The van der Waals surface area contributed by atoms with Crippen LogP contribution >= 0.6 is 0 Å². The van der Waals surface area contributed by atoms with Crippen LogP contribution in [0.15, 0.2) is 48.5 Å². The topological polar surface area (TPSA) is 55.4 Å². The zero-order valence-corrected chi connectivity index (χ0v) is 12.8. The van der Waals surface area contributed by atoms with E-state index in [-0.39, 0.29) is 24.1 Å². The third-order valence-corrected chi connectivity index (χ3v) is 3.19. The van der Waals surface area contributed by atoms with Gasteiger partial charge in [-0.25, -0.2) is 4.39 Å². The van der Waals surface area contributed by atoms with Crippen LogP contribution in [0, 0.1) is 5.82 Å². The van der Waals surface area contributed by atoms with Gasteiger partial charge < -0.3 is 14.8 Å². The minimum absolute atomic E-state index is 0.135. The normalized spacial score (nSPS) is 10.2. The number of Topliss-reactive ketones (excluding diaryl/α,β-unsaturated/α-hetero) is 1. The highest BCUT2D eigenvalue weighted by atomic mass is 19.1. The summed E-state index contributed by atoms with van der Waals surface area (Å²) in [5.74, 6) is 0.0509. The molecule has 1 amide bonds. The average Bonchev–Trinajstić information content (AvgIpc) is 2.54. The Balaban J connectivity index is 1.79. The first-order valence-electron chi connectivity index (χ1n) is 7.29. The molecule has 0 saturated heterocycles. The quantitative estimate of drug-likeness (QED) is 0.852. The summed E-state index contributed by atoms with van der Waals surface area (Å²) in [5, 5.41) is 2.62. The minimum Gasteiger partial charge on any atom is -0.484 e. The number of carbonyl (C=O) groups excluding carboxylic acids is 2. The molecule has 0 aliphatic carbocycles. The Kier molecular flexibility index (Phi) is 5.86. The summed E-state index contributed by atoms with van der Waals surface area (Å²) in [6, 6.07) is 12.8. The number of hydrogen-bond acceptors (Lipinski definition) is 3. The van der Waals surface area contributed by atoms with E-state index in [2.05, 4.69) is 5.32 Å². The van der Waals surface area contributed by atoms with Crippen molar-refractivity contribution in [3.05, 3.63) is 59.9 Å². The molecule has 0 spiro atoms. The molecule has 23 heavy (non-hydrogen) atoms. The summed E-state index contributed by atoms with van der Waals surface area (Å²) in [4.78, 5) is 22.7. The SMILES string of the molecule is CC(=O)CCc1ccc(OCC(=O)Nc2ccc(F)cc2)cc1. The molecule has 2 rings (SSSR count). The molecule has 120 valence electrons. The number of benzene rings is 2. The number of ether oxygens (including phenoxy) is 1. The van der Waals surface area contributed by atoms with E-state index in [4.69, 9.17) is 4.74 Å². The zero-order valence-electron chi connectivity index (χ0n) is 12.8. The van der Waals surface area contributed by atoms with Gasteiger partial charge in [0.1, 0.15) is 17.3 Å². The van der Waals surface area contributed by atoms with E-state index >= 15 is 0 Å². The molecule has 0 radical (unpaired) electrons. The van der Waals surface area contributed by atoms with E-state index in [1.807, 2.05) is 12.1 Å². The molecule has 0 unspecified atom stereocenters. The summed E-state index contributed by atoms with van der Waals surface area (Å²) in [5.41, 5.74) is 1.56. The van der Waals surface area contributed by atoms with Gasteiger partial charge in [-0.05, 0) is 55.3 Å². The van der Waals surface area contributed by atoms with Crippen LogP contribution in [0.25, 0.3) is 0 Å². The van der Waals surface area contributed by atoms with Crippen LogP contribution in [0.1, 0.15) is 18.9 Å². The highest BCUT2D eigenvalue weighted by molar-refractivity contribution is 5.91. The second-order valence-corrected chi connectivity index (χ2v) is 5.19. The molecular weight excluding hydrogens is 297 g/mol. The van der Waals surface area contributed by atoms with E-state index < -0.39 is 0 Å². The number of halogens is 1. The van der Waals surface area contributed by atoms with E-state index in [9.17, 15) is 14.0 Å². The zero-order chi connectivity index (χ0) is 16.7. The predicted molar refractivity (Wildman–Crippen MR) is 86.0 cm³/mol. The molecule has 0 aromatic heterocycles. The molecule has 0 aliphatic rings. The fourth-order valence-corrected chi connectivity index (χ4v) is 1.95. The lowest BCUT2D eigenvalue weighted by atomic mass is 10.1. The first-order chi connectivity index (χ1) is 11.0.